The molecule has 26 heavy (non-hydrogen) atoms. The van der Waals surface area contributed by atoms with Crippen LogP contribution in [0.3, 0.4) is 0 Å². The average Bonchev–Trinajstić information content (AvgIpc) is 2.56. The molecule has 0 unspecified atom stereocenters. The first-order valence-electron chi connectivity index (χ1n) is 8.96. The number of benzene rings is 2. The topological polar surface area (TPSA) is 49.4 Å². The Kier molecular flexibility index (Phi) is 4.61. The minimum absolute atomic E-state index is 0.0629. The molecule has 1 N–H and O–H groups in total. The standard InChI is InChI=1S/C22H26N2O2/c1-14-11-17(22(3,4)5)7-8-18(14)16-6-9-19(15(2)10-16)24-13-20(25)23-12-21(24)26/h6-11H,12-13H2,1-5H3,(H,23,25). The van der Waals surface area contributed by atoms with Gasteiger partial charge in [0, 0.05) is 5.69 Å². The number of carbonyl (C=O) groups is 2. The normalized spacial score (nSPS) is 15.2. The molecule has 0 saturated carbocycles. The predicted molar refractivity (Wildman–Crippen MR) is 105 cm³/mol. The molecule has 0 bridgehead atoms. The predicted octanol–water partition coefficient (Wildman–Crippen LogP) is 3.73. The van der Waals surface area contributed by atoms with Crippen molar-refractivity contribution in [2.45, 2.75) is 40.0 Å². The van der Waals surface area contributed by atoms with Gasteiger partial charge < -0.3 is 10.2 Å². The van der Waals surface area contributed by atoms with E-state index < -0.39 is 0 Å². The van der Waals surface area contributed by atoms with Gasteiger partial charge in [0.1, 0.15) is 6.54 Å². The summed E-state index contributed by atoms with van der Waals surface area (Å²) >= 11 is 0. The summed E-state index contributed by atoms with van der Waals surface area (Å²) in [5, 5.41) is 2.58. The van der Waals surface area contributed by atoms with E-state index in [0.29, 0.717) is 0 Å². The summed E-state index contributed by atoms with van der Waals surface area (Å²) in [6.07, 6.45) is 0. The molecule has 0 spiro atoms. The van der Waals surface area contributed by atoms with Gasteiger partial charge in [0.15, 0.2) is 0 Å². The maximum atomic E-state index is 12.1. The van der Waals surface area contributed by atoms with Crippen molar-refractivity contribution in [3.05, 3.63) is 53.1 Å². The number of carbonyl (C=O) groups excluding carboxylic acids is 2. The van der Waals surface area contributed by atoms with E-state index in [-0.39, 0.29) is 30.3 Å². The summed E-state index contributed by atoms with van der Waals surface area (Å²) in [5.41, 5.74) is 6.78. The lowest BCUT2D eigenvalue weighted by molar-refractivity contribution is -0.128. The lowest BCUT2D eigenvalue weighted by Crippen LogP contribution is -2.51. The van der Waals surface area contributed by atoms with Crippen LogP contribution in [0.1, 0.15) is 37.5 Å². The Balaban J connectivity index is 1.95. The zero-order valence-corrected chi connectivity index (χ0v) is 16.1. The van der Waals surface area contributed by atoms with E-state index in [4.69, 9.17) is 0 Å². The summed E-state index contributed by atoms with van der Waals surface area (Å²) in [4.78, 5) is 25.4. The molecule has 1 saturated heterocycles. The zero-order chi connectivity index (χ0) is 19.1. The van der Waals surface area contributed by atoms with Crippen LogP contribution in [0.15, 0.2) is 36.4 Å². The highest BCUT2D eigenvalue weighted by Crippen LogP contribution is 2.32. The van der Waals surface area contributed by atoms with E-state index in [9.17, 15) is 9.59 Å². The van der Waals surface area contributed by atoms with Crippen molar-refractivity contribution in [1.29, 1.82) is 0 Å². The van der Waals surface area contributed by atoms with Crippen LogP contribution in [-0.2, 0) is 15.0 Å². The first-order chi connectivity index (χ1) is 12.2. The molecule has 2 aromatic carbocycles. The van der Waals surface area contributed by atoms with Gasteiger partial charge in [-0.1, -0.05) is 45.0 Å². The van der Waals surface area contributed by atoms with Crippen LogP contribution in [-0.4, -0.2) is 24.9 Å². The Labute approximate surface area is 155 Å². The fourth-order valence-corrected chi connectivity index (χ4v) is 3.36. The molecule has 0 aromatic heterocycles. The summed E-state index contributed by atoms with van der Waals surface area (Å²) in [7, 11) is 0. The summed E-state index contributed by atoms with van der Waals surface area (Å²) in [6, 6.07) is 12.7. The molecule has 0 radical (unpaired) electrons. The Morgan fingerprint density at radius 2 is 1.69 bits per heavy atom. The van der Waals surface area contributed by atoms with E-state index in [1.807, 2.05) is 19.1 Å². The molecule has 1 fully saturated rings. The SMILES string of the molecule is Cc1cc(C(C)(C)C)ccc1-c1ccc(N2CC(=O)NCC2=O)c(C)c1. The van der Waals surface area contributed by atoms with Crippen LogP contribution in [0.2, 0.25) is 0 Å². The zero-order valence-electron chi connectivity index (χ0n) is 16.1. The summed E-state index contributed by atoms with van der Waals surface area (Å²) in [6.45, 7) is 10.9. The van der Waals surface area contributed by atoms with Gasteiger partial charge in [0.25, 0.3) is 0 Å². The molecule has 2 aromatic rings. The van der Waals surface area contributed by atoms with E-state index in [1.54, 1.807) is 4.90 Å². The van der Waals surface area contributed by atoms with E-state index in [2.05, 4.69) is 57.3 Å². The van der Waals surface area contributed by atoms with E-state index >= 15 is 0 Å². The quantitative estimate of drug-likeness (QED) is 0.897. The van der Waals surface area contributed by atoms with Gasteiger partial charge in [-0.05, 0) is 59.2 Å². The third kappa shape index (κ3) is 3.50. The average molecular weight is 350 g/mol. The molecule has 4 heteroatoms. The van der Waals surface area contributed by atoms with Gasteiger partial charge in [-0.25, -0.2) is 0 Å². The van der Waals surface area contributed by atoms with Crippen molar-refractivity contribution in [3.8, 4) is 11.1 Å². The fraction of sp³-hybridized carbons (Fsp3) is 0.364. The van der Waals surface area contributed by atoms with Gasteiger partial charge in [0.05, 0.1) is 6.54 Å². The monoisotopic (exact) mass is 350 g/mol. The Hall–Kier alpha value is -2.62. The van der Waals surface area contributed by atoms with Crippen molar-refractivity contribution < 1.29 is 9.59 Å². The van der Waals surface area contributed by atoms with Gasteiger partial charge in [-0.15, -0.1) is 0 Å². The maximum absolute atomic E-state index is 12.1. The van der Waals surface area contributed by atoms with Gasteiger partial charge in [-0.3, -0.25) is 9.59 Å². The lowest BCUT2D eigenvalue weighted by Gasteiger charge is -2.28. The van der Waals surface area contributed by atoms with Crippen LogP contribution in [0.5, 0.6) is 0 Å². The van der Waals surface area contributed by atoms with Crippen molar-refractivity contribution in [2.75, 3.05) is 18.0 Å². The molecule has 1 heterocycles. The van der Waals surface area contributed by atoms with Crippen molar-refractivity contribution in [3.63, 3.8) is 0 Å². The highest BCUT2D eigenvalue weighted by molar-refractivity contribution is 6.05. The fourth-order valence-electron chi connectivity index (χ4n) is 3.36. The number of aryl methyl sites for hydroxylation is 2. The number of nitrogens with zero attached hydrogens (tertiary/aromatic N) is 1. The van der Waals surface area contributed by atoms with Crippen molar-refractivity contribution >= 4 is 17.5 Å². The first-order valence-corrected chi connectivity index (χ1v) is 8.96. The van der Waals surface area contributed by atoms with Crippen molar-refractivity contribution in [1.82, 2.24) is 5.32 Å². The number of hydrogen-bond acceptors (Lipinski definition) is 2. The van der Waals surface area contributed by atoms with E-state index in [1.165, 1.54) is 16.7 Å². The van der Waals surface area contributed by atoms with Gasteiger partial charge in [-0.2, -0.15) is 0 Å². The maximum Gasteiger partial charge on any atom is 0.246 e. The molecule has 2 amide bonds. The molecule has 4 nitrogen and oxygen atoms in total. The van der Waals surface area contributed by atoms with Crippen LogP contribution < -0.4 is 10.2 Å². The Morgan fingerprint density at radius 1 is 0.962 bits per heavy atom. The minimum Gasteiger partial charge on any atom is -0.345 e. The number of piperazine rings is 1. The van der Waals surface area contributed by atoms with E-state index in [0.717, 1.165) is 16.8 Å². The molecule has 1 aliphatic rings. The molecule has 0 atom stereocenters. The highest BCUT2D eigenvalue weighted by Gasteiger charge is 2.25. The smallest absolute Gasteiger partial charge is 0.246 e. The molecule has 136 valence electrons. The Morgan fingerprint density at radius 3 is 2.31 bits per heavy atom. The van der Waals surface area contributed by atoms with Gasteiger partial charge >= 0.3 is 0 Å². The molecule has 1 aliphatic heterocycles. The van der Waals surface area contributed by atoms with Gasteiger partial charge in [0.2, 0.25) is 11.8 Å². The second-order valence-electron chi connectivity index (χ2n) is 8.04. The first kappa shape index (κ1) is 18.2. The molecular weight excluding hydrogens is 324 g/mol. The minimum atomic E-state index is -0.123. The second kappa shape index (κ2) is 6.60. The third-order valence-corrected chi connectivity index (χ3v) is 4.93. The van der Waals surface area contributed by atoms with Crippen molar-refractivity contribution in [2.24, 2.45) is 0 Å². The third-order valence-electron chi connectivity index (χ3n) is 4.93. The lowest BCUT2D eigenvalue weighted by atomic mass is 9.84. The number of hydrogen-bond donors (Lipinski definition) is 1. The van der Waals surface area contributed by atoms with Crippen LogP contribution >= 0.6 is 0 Å². The number of rotatable bonds is 2. The summed E-state index contributed by atoms with van der Waals surface area (Å²) in [5.74, 6) is -0.201. The number of amides is 2. The number of anilines is 1. The molecule has 0 aliphatic carbocycles. The summed E-state index contributed by atoms with van der Waals surface area (Å²) < 4.78 is 0. The van der Waals surface area contributed by atoms with Crippen LogP contribution in [0.4, 0.5) is 5.69 Å². The number of nitrogens with one attached hydrogen (secondary N) is 1. The second-order valence-corrected chi connectivity index (χ2v) is 8.04. The highest BCUT2D eigenvalue weighted by atomic mass is 16.2. The Bertz CT molecular complexity index is 878. The molecular formula is C22H26N2O2. The molecule has 3 rings (SSSR count). The van der Waals surface area contributed by atoms with Crippen LogP contribution in [0, 0.1) is 13.8 Å². The largest absolute Gasteiger partial charge is 0.345 e. The van der Waals surface area contributed by atoms with Crippen LogP contribution in [0.25, 0.3) is 11.1 Å².